The molecule has 0 aliphatic rings. The number of benzene rings is 2. The molecule has 3 N–H and O–H groups in total. The van der Waals surface area contributed by atoms with E-state index in [1.54, 1.807) is 0 Å². The number of carbonyl (C=O) groups excluding carboxylic acids is 1. The molecule has 0 saturated heterocycles. The van der Waals surface area contributed by atoms with E-state index in [2.05, 4.69) is 4.72 Å². The van der Waals surface area contributed by atoms with Crippen LogP contribution in [0.25, 0.3) is 0 Å². The van der Waals surface area contributed by atoms with Gasteiger partial charge in [0.05, 0.1) is 10.8 Å². The molecule has 1 atom stereocenters. The summed E-state index contributed by atoms with van der Waals surface area (Å²) in [6, 6.07) is 9.79. The van der Waals surface area contributed by atoms with E-state index >= 15 is 0 Å². The Balaban J connectivity index is 2.06. The van der Waals surface area contributed by atoms with E-state index in [1.807, 2.05) is 0 Å². The van der Waals surface area contributed by atoms with Crippen LogP contribution >= 0.6 is 0 Å². The highest BCUT2D eigenvalue weighted by atomic mass is 32.2. The van der Waals surface area contributed by atoms with Gasteiger partial charge in [0.25, 0.3) is 0 Å². The predicted octanol–water partition coefficient (Wildman–Crippen LogP) is 1.59. The predicted molar refractivity (Wildman–Crippen MR) is 84.4 cm³/mol. The molecular weight excluding hydrogens is 338 g/mol. The van der Waals surface area contributed by atoms with Gasteiger partial charge in [-0.05, 0) is 48.4 Å². The van der Waals surface area contributed by atoms with Crippen LogP contribution in [0.1, 0.15) is 5.56 Å². The number of amides is 1. The molecule has 2 aromatic carbocycles. The summed E-state index contributed by atoms with van der Waals surface area (Å²) in [5.74, 6) is -2.45. The lowest BCUT2D eigenvalue weighted by Gasteiger charge is -2.15. The van der Waals surface area contributed by atoms with E-state index in [1.165, 1.54) is 24.3 Å². The second-order valence-corrected chi connectivity index (χ2v) is 7.00. The van der Waals surface area contributed by atoms with Gasteiger partial charge in [-0.25, -0.2) is 21.9 Å². The van der Waals surface area contributed by atoms with Gasteiger partial charge in [0.2, 0.25) is 15.9 Å². The maximum Gasteiger partial charge on any atom is 0.240 e. The third-order valence-electron chi connectivity index (χ3n) is 3.44. The van der Waals surface area contributed by atoms with E-state index in [-0.39, 0.29) is 17.9 Å². The van der Waals surface area contributed by atoms with E-state index in [9.17, 15) is 22.0 Å². The minimum absolute atomic E-state index is 0.117. The number of hydrogen-bond donors (Lipinski definition) is 2. The first-order chi connectivity index (χ1) is 11.3. The van der Waals surface area contributed by atoms with Crippen LogP contribution in [-0.2, 0) is 21.2 Å². The molecule has 128 valence electrons. The SMILES string of the molecule is NC(=O)C(CNS(=O)(=O)c1ccc(F)cc1)Cc1ccc(F)cc1. The van der Waals surface area contributed by atoms with Crippen molar-refractivity contribution < 1.29 is 22.0 Å². The van der Waals surface area contributed by atoms with Gasteiger partial charge in [0.1, 0.15) is 11.6 Å². The fourth-order valence-electron chi connectivity index (χ4n) is 2.09. The van der Waals surface area contributed by atoms with Crippen LogP contribution in [0.3, 0.4) is 0 Å². The topological polar surface area (TPSA) is 89.3 Å². The number of primary amides is 1. The van der Waals surface area contributed by atoms with Crippen LogP contribution in [0.4, 0.5) is 8.78 Å². The van der Waals surface area contributed by atoms with E-state index in [0.717, 1.165) is 24.3 Å². The van der Waals surface area contributed by atoms with Gasteiger partial charge in [-0.15, -0.1) is 0 Å². The smallest absolute Gasteiger partial charge is 0.240 e. The first-order valence-electron chi connectivity index (χ1n) is 7.07. The first kappa shape index (κ1) is 18.0. The van der Waals surface area contributed by atoms with Crippen LogP contribution in [0.15, 0.2) is 53.4 Å². The Morgan fingerprint density at radius 3 is 2.00 bits per heavy atom. The molecule has 0 saturated carbocycles. The third-order valence-corrected chi connectivity index (χ3v) is 4.88. The van der Waals surface area contributed by atoms with Gasteiger partial charge in [-0.1, -0.05) is 12.1 Å². The van der Waals surface area contributed by atoms with Crippen LogP contribution in [-0.4, -0.2) is 20.9 Å². The summed E-state index contributed by atoms with van der Waals surface area (Å²) in [4.78, 5) is 11.4. The molecule has 1 unspecified atom stereocenters. The molecule has 5 nitrogen and oxygen atoms in total. The third kappa shape index (κ3) is 4.84. The van der Waals surface area contributed by atoms with Crippen molar-refractivity contribution in [3.63, 3.8) is 0 Å². The van der Waals surface area contributed by atoms with E-state index in [4.69, 9.17) is 5.73 Å². The van der Waals surface area contributed by atoms with Gasteiger partial charge >= 0.3 is 0 Å². The molecule has 0 aliphatic carbocycles. The fourth-order valence-corrected chi connectivity index (χ4v) is 3.17. The van der Waals surface area contributed by atoms with Crippen molar-refractivity contribution in [3.05, 3.63) is 65.7 Å². The minimum Gasteiger partial charge on any atom is -0.369 e. The number of sulfonamides is 1. The maximum absolute atomic E-state index is 12.9. The van der Waals surface area contributed by atoms with Gasteiger partial charge in [0.15, 0.2) is 0 Å². The highest BCUT2D eigenvalue weighted by Gasteiger charge is 2.21. The maximum atomic E-state index is 12.9. The fraction of sp³-hybridized carbons (Fsp3) is 0.188. The Hall–Kier alpha value is -2.32. The number of carbonyl (C=O) groups is 1. The molecule has 2 rings (SSSR count). The number of nitrogens with one attached hydrogen (secondary N) is 1. The van der Waals surface area contributed by atoms with Crippen molar-refractivity contribution in [1.29, 1.82) is 0 Å². The van der Waals surface area contributed by atoms with Crippen molar-refractivity contribution in [2.45, 2.75) is 11.3 Å². The summed E-state index contributed by atoms with van der Waals surface area (Å²) in [6.45, 7) is -0.216. The molecule has 1 amide bonds. The molecule has 0 radical (unpaired) electrons. The Bertz CT molecular complexity index is 806. The Labute approximate surface area is 138 Å². The van der Waals surface area contributed by atoms with Crippen molar-refractivity contribution in [3.8, 4) is 0 Å². The van der Waals surface area contributed by atoms with Gasteiger partial charge in [-0.2, -0.15) is 0 Å². The average Bonchev–Trinajstić information content (AvgIpc) is 2.53. The second-order valence-electron chi connectivity index (χ2n) is 5.24. The van der Waals surface area contributed by atoms with Crippen molar-refractivity contribution in [2.75, 3.05) is 6.54 Å². The number of hydrogen-bond acceptors (Lipinski definition) is 3. The number of rotatable bonds is 7. The Morgan fingerprint density at radius 2 is 1.50 bits per heavy atom. The van der Waals surface area contributed by atoms with Crippen molar-refractivity contribution >= 4 is 15.9 Å². The van der Waals surface area contributed by atoms with E-state index in [0.29, 0.717) is 5.56 Å². The number of nitrogens with two attached hydrogens (primary N) is 1. The highest BCUT2D eigenvalue weighted by molar-refractivity contribution is 7.89. The molecular formula is C16H16F2N2O3S. The summed E-state index contributed by atoms with van der Waals surface area (Å²) in [5, 5.41) is 0. The minimum atomic E-state index is -3.89. The highest BCUT2D eigenvalue weighted by Crippen LogP contribution is 2.13. The second kappa shape index (κ2) is 7.50. The van der Waals surface area contributed by atoms with E-state index < -0.39 is 33.5 Å². The van der Waals surface area contributed by atoms with Gasteiger partial charge in [-0.3, -0.25) is 4.79 Å². The zero-order valence-electron chi connectivity index (χ0n) is 12.6. The first-order valence-corrected chi connectivity index (χ1v) is 8.55. The zero-order chi connectivity index (χ0) is 17.7. The summed E-state index contributed by atoms with van der Waals surface area (Å²) in [6.07, 6.45) is 0.168. The quantitative estimate of drug-likeness (QED) is 0.791. The summed E-state index contributed by atoms with van der Waals surface area (Å²) >= 11 is 0. The average molecular weight is 354 g/mol. The molecule has 0 heterocycles. The van der Waals surface area contributed by atoms with Crippen LogP contribution in [0, 0.1) is 17.6 Å². The molecule has 24 heavy (non-hydrogen) atoms. The summed E-state index contributed by atoms with van der Waals surface area (Å²) in [7, 11) is -3.89. The lowest BCUT2D eigenvalue weighted by molar-refractivity contribution is -0.121. The van der Waals surface area contributed by atoms with Crippen molar-refractivity contribution in [2.24, 2.45) is 11.7 Å². The van der Waals surface area contributed by atoms with Crippen molar-refractivity contribution in [1.82, 2.24) is 4.72 Å². The Morgan fingerprint density at radius 1 is 1.00 bits per heavy atom. The summed E-state index contributed by atoms with van der Waals surface area (Å²) in [5.41, 5.74) is 5.96. The van der Waals surface area contributed by atoms with Gasteiger partial charge in [0, 0.05) is 6.54 Å². The standard InChI is InChI=1S/C16H16F2N2O3S/c17-13-3-1-11(2-4-13)9-12(16(19)21)10-20-24(22,23)15-7-5-14(18)6-8-15/h1-8,12,20H,9-10H2,(H2,19,21). The van der Waals surface area contributed by atoms with Crippen LogP contribution in [0.5, 0.6) is 0 Å². The molecule has 8 heteroatoms. The largest absolute Gasteiger partial charge is 0.369 e. The lowest BCUT2D eigenvalue weighted by Crippen LogP contribution is -2.37. The molecule has 2 aromatic rings. The molecule has 0 fully saturated rings. The monoisotopic (exact) mass is 354 g/mol. The van der Waals surface area contributed by atoms with Crippen LogP contribution in [0.2, 0.25) is 0 Å². The zero-order valence-corrected chi connectivity index (χ0v) is 13.4. The Kier molecular flexibility index (Phi) is 5.63. The lowest BCUT2D eigenvalue weighted by atomic mass is 9.99. The summed E-state index contributed by atoms with van der Waals surface area (Å²) < 4.78 is 52.3. The molecule has 0 bridgehead atoms. The normalized spacial score (nSPS) is 12.8. The number of halogens is 2. The van der Waals surface area contributed by atoms with Gasteiger partial charge < -0.3 is 5.73 Å². The van der Waals surface area contributed by atoms with Crippen LogP contribution < -0.4 is 10.5 Å². The molecule has 0 aliphatic heterocycles. The molecule has 0 spiro atoms. The molecule has 0 aromatic heterocycles.